The number of non-ortho nitro benzene ring substituents is 1. The molecule has 0 bridgehead atoms. The van der Waals surface area contributed by atoms with Crippen molar-refractivity contribution in [2.45, 2.75) is 0 Å². The van der Waals surface area contributed by atoms with Crippen LogP contribution in [0.15, 0.2) is 16.0 Å². The largest absolute Gasteiger partial charge is 0.494 e. The number of rotatable bonds is 2. The fourth-order valence-electron chi connectivity index (χ4n) is 1.22. The van der Waals surface area contributed by atoms with Gasteiger partial charge in [0, 0.05) is 6.07 Å². The number of halogens is 1. The van der Waals surface area contributed by atoms with Gasteiger partial charge in [-0.15, -0.1) is 11.3 Å². The minimum atomic E-state index is -0.449. The molecule has 2 aromatic rings. The van der Waals surface area contributed by atoms with Crippen molar-refractivity contribution in [1.29, 1.82) is 0 Å². The second kappa shape index (κ2) is 3.74. The Hall–Kier alpha value is -1.21. The molecule has 0 fully saturated rings. The van der Waals surface area contributed by atoms with Crippen LogP contribution in [0.4, 0.5) is 5.69 Å². The summed E-state index contributed by atoms with van der Waals surface area (Å²) in [6.45, 7) is 0. The van der Waals surface area contributed by atoms with Crippen LogP contribution in [0.3, 0.4) is 0 Å². The molecule has 1 aromatic heterocycles. The molecule has 15 heavy (non-hydrogen) atoms. The van der Waals surface area contributed by atoms with Crippen LogP contribution in [0.25, 0.3) is 10.2 Å². The normalized spacial score (nSPS) is 10.5. The first kappa shape index (κ1) is 10.3. The number of ether oxygens (including phenoxy) is 1. The van der Waals surface area contributed by atoms with E-state index in [4.69, 9.17) is 4.74 Å². The zero-order valence-corrected chi connectivity index (χ0v) is 9.96. The van der Waals surface area contributed by atoms with Gasteiger partial charge in [-0.2, -0.15) is 0 Å². The summed E-state index contributed by atoms with van der Waals surface area (Å²) >= 11 is 4.57. The van der Waals surface area contributed by atoms with Crippen LogP contribution in [0, 0.1) is 10.1 Å². The third kappa shape index (κ3) is 1.80. The number of fused-ring (bicyclic) bond motifs is 1. The number of nitrogens with zero attached hydrogens (tertiary/aromatic N) is 2. The lowest BCUT2D eigenvalue weighted by atomic mass is 10.3. The maximum atomic E-state index is 10.6. The fourth-order valence-corrected chi connectivity index (χ4v) is 2.66. The lowest BCUT2D eigenvalue weighted by molar-refractivity contribution is -0.384. The Morgan fingerprint density at radius 3 is 2.93 bits per heavy atom. The molecular weight excluding hydrogens is 284 g/mol. The van der Waals surface area contributed by atoms with Crippen molar-refractivity contribution in [1.82, 2.24) is 4.98 Å². The van der Waals surface area contributed by atoms with Crippen molar-refractivity contribution < 1.29 is 9.66 Å². The second-order valence-corrected chi connectivity index (χ2v) is 5.03. The van der Waals surface area contributed by atoms with Crippen LogP contribution in [-0.2, 0) is 0 Å². The number of aromatic nitrogens is 1. The van der Waals surface area contributed by atoms with Crippen LogP contribution in [0.1, 0.15) is 0 Å². The SMILES string of the molecule is COc1cc([N+](=O)[O-])cc2sc(Br)nc12. The smallest absolute Gasteiger partial charge is 0.274 e. The number of methoxy groups -OCH3 is 1. The highest BCUT2D eigenvalue weighted by Crippen LogP contribution is 2.35. The lowest BCUT2D eigenvalue weighted by Gasteiger charge is -1.99. The summed E-state index contributed by atoms with van der Waals surface area (Å²) in [7, 11) is 1.46. The third-order valence-corrected chi connectivity index (χ3v) is 3.30. The molecule has 0 aliphatic carbocycles. The molecule has 0 radical (unpaired) electrons. The van der Waals surface area contributed by atoms with Crippen LogP contribution in [0.5, 0.6) is 5.75 Å². The quantitative estimate of drug-likeness (QED) is 0.629. The summed E-state index contributed by atoms with van der Waals surface area (Å²) in [5, 5.41) is 10.6. The van der Waals surface area contributed by atoms with Crippen LogP contribution in [-0.4, -0.2) is 17.0 Å². The summed E-state index contributed by atoms with van der Waals surface area (Å²) in [4.78, 5) is 14.4. The minimum absolute atomic E-state index is 0.00972. The molecule has 2 rings (SSSR count). The number of benzene rings is 1. The van der Waals surface area contributed by atoms with E-state index in [2.05, 4.69) is 20.9 Å². The third-order valence-electron chi connectivity index (χ3n) is 1.85. The summed E-state index contributed by atoms with van der Waals surface area (Å²) in [6.07, 6.45) is 0. The van der Waals surface area contributed by atoms with E-state index in [1.807, 2.05) is 0 Å². The van der Waals surface area contributed by atoms with Gasteiger partial charge in [0.25, 0.3) is 5.69 Å². The van der Waals surface area contributed by atoms with E-state index in [0.29, 0.717) is 15.2 Å². The summed E-state index contributed by atoms with van der Waals surface area (Å²) in [5.74, 6) is 0.418. The van der Waals surface area contributed by atoms with E-state index in [0.717, 1.165) is 4.70 Å². The van der Waals surface area contributed by atoms with Gasteiger partial charge in [0.05, 0.1) is 22.8 Å². The van der Waals surface area contributed by atoms with E-state index >= 15 is 0 Å². The van der Waals surface area contributed by atoms with Gasteiger partial charge in [-0.05, 0) is 15.9 Å². The number of hydrogen-bond acceptors (Lipinski definition) is 5. The fraction of sp³-hybridized carbons (Fsp3) is 0.125. The van der Waals surface area contributed by atoms with Gasteiger partial charge in [-0.1, -0.05) is 0 Å². The number of hydrogen-bond donors (Lipinski definition) is 0. The molecule has 0 aliphatic heterocycles. The average molecular weight is 289 g/mol. The van der Waals surface area contributed by atoms with Crippen molar-refractivity contribution in [2.75, 3.05) is 7.11 Å². The Balaban J connectivity index is 2.76. The van der Waals surface area contributed by atoms with Gasteiger partial charge < -0.3 is 4.74 Å². The Bertz CT molecular complexity index is 540. The monoisotopic (exact) mass is 288 g/mol. The first-order valence-electron chi connectivity index (χ1n) is 3.90. The molecule has 5 nitrogen and oxygen atoms in total. The molecule has 0 aliphatic rings. The van der Waals surface area contributed by atoms with Crippen LogP contribution >= 0.6 is 27.3 Å². The van der Waals surface area contributed by atoms with Crippen molar-refractivity contribution in [2.24, 2.45) is 0 Å². The molecule has 78 valence electrons. The van der Waals surface area contributed by atoms with Gasteiger partial charge in [0.1, 0.15) is 5.52 Å². The predicted molar refractivity (Wildman–Crippen MR) is 60.5 cm³/mol. The van der Waals surface area contributed by atoms with Crippen molar-refractivity contribution in [3.63, 3.8) is 0 Å². The summed E-state index contributed by atoms with van der Waals surface area (Å²) in [5.41, 5.74) is 0.649. The first-order valence-corrected chi connectivity index (χ1v) is 5.51. The first-order chi connectivity index (χ1) is 7.11. The van der Waals surface area contributed by atoms with E-state index in [-0.39, 0.29) is 5.69 Å². The van der Waals surface area contributed by atoms with Crippen molar-refractivity contribution in [3.05, 3.63) is 26.2 Å². The number of nitro groups is 1. The molecule has 0 unspecified atom stereocenters. The average Bonchev–Trinajstić information content (AvgIpc) is 2.56. The molecule has 0 atom stereocenters. The Labute approximate surface area is 97.0 Å². The molecule has 0 spiro atoms. The van der Waals surface area contributed by atoms with E-state index in [1.54, 1.807) is 0 Å². The number of nitro benzene ring substituents is 1. The van der Waals surface area contributed by atoms with Gasteiger partial charge in [0.15, 0.2) is 9.67 Å². The molecule has 1 aromatic carbocycles. The molecule has 0 N–H and O–H groups in total. The van der Waals surface area contributed by atoms with E-state index < -0.39 is 4.92 Å². The van der Waals surface area contributed by atoms with Gasteiger partial charge in [-0.3, -0.25) is 10.1 Å². The second-order valence-electron chi connectivity index (χ2n) is 2.72. The van der Waals surface area contributed by atoms with Crippen molar-refractivity contribution in [3.8, 4) is 5.75 Å². The minimum Gasteiger partial charge on any atom is -0.494 e. The van der Waals surface area contributed by atoms with Gasteiger partial charge in [0.2, 0.25) is 0 Å². The zero-order chi connectivity index (χ0) is 11.0. The highest BCUT2D eigenvalue weighted by molar-refractivity contribution is 9.11. The van der Waals surface area contributed by atoms with Gasteiger partial charge >= 0.3 is 0 Å². The van der Waals surface area contributed by atoms with Crippen LogP contribution < -0.4 is 4.74 Å². The maximum Gasteiger partial charge on any atom is 0.274 e. The van der Waals surface area contributed by atoms with E-state index in [1.165, 1.54) is 30.6 Å². The summed E-state index contributed by atoms with van der Waals surface area (Å²) < 4.78 is 6.46. The molecule has 7 heteroatoms. The summed E-state index contributed by atoms with van der Waals surface area (Å²) in [6, 6.07) is 2.86. The number of thiazole rings is 1. The predicted octanol–water partition coefficient (Wildman–Crippen LogP) is 2.98. The topological polar surface area (TPSA) is 65.3 Å². The Morgan fingerprint density at radius 1 is 1.60 bits per heavy atom. The lowest BCUT2D eigenvalue weighted by Crippen LogP contribution is -1.90. The van der Waals surface area contributed by atoms with E-state index in [9.17, 15) is 10.1 Å². The molecule has 0 amide bonds. The molecule has 0 saturated heterocycles. The Kier molecular flexibility index (Phi) is 2.57. The highest BCUT2D eigenvalue weighted by Gasteiger charge is 2.15. The van der Waals surface area contributed by atoms with Gasteiger partial charge in [-0.25, -0.2) is 4.98 Å². The van der Waals surface area contributed by atoms with Crippen molar-refractivity contribution >= 4 is 43.2 Å². The molecule has 0 saturated carbocycles. The maximum absolute atomic E-state index is 10.6. The highest BCUT2D eigenvalue weighted by atomic mass is 79.9. The standard InChI is InChI=1S/C8H5BrN2O3S/c1-14-5-2-4(11(12)13)3-6-7(5)10-8(9)15-6/h2-3H,1H3. The Morgan fingerprint density at radius 2 is 2.33 bits per heavy atom. The van der Waals surface area contributed by atoms with Crippen LogP contribution in [0.2, 0.25) is 0 Å². The zero-order valence-electron chi connectivity index (χ0n) is 7.56. The molecular formula is C8H5BrN2O3S. The molecule has 1 heterocycles.